The third-order valence-corrected chi connectivity index (χ3v) is 7.81. The monoisotopic (exact) mass is 612 g/mol. The molecule has 1 atom stereocenters. The van der Waals surface area contributed by atoms with E-state index in [4.69, 9.17) is 0 Å². The lowest BCUT2D eigenvalue weighted by atomic mass is 9.98. The Morgan fingerprint density at radius 2 is 1.50 bits per heavy atom. The van der Waals surface area contributed by atoms with Crippen LogP contribution in [0.5, 0.6) is 0 Å². The van der Waals surface area contributed by atoms with Gasteiger partial charge in [-0.1, -0.05) is 48.5 Å². The molecule has 0 saturated carbocycles. The van der Waals surface area contributed by atoms with Crippen LogP contribution >= 0.6 is 0 Å². The summed E-state index contributed by atoms with van der Waals surface area (Å²) in [4.78, 5) is 25.2. The first-order valence-electron chi connectivity index (χ1n) is 14.4. The van der Waals surface area contributed by atoms with Crippen LogP contribution in [-0.4, -0.2) is 26.8 Å². The predicted molar refractivity (Wildman–Crippen MR) is 170 cm³/mol. The van der Waals surface area contributed by atoms with E-state index in [2.05, 4.69) is 10.4 Å². The van der Waals surface area contributed by atoms with Gasteiger partial charge in [0.2, 0.25) is 0 Å². The van der Waals surface area contributed by atoms with Crippen LogP contribution in [0.25, 0.3) is 33.2 Å². The van der Waals surface area contributed by atoms with Crippen LogP contribution in [0.2, 0.25) is 0 Å². The average molecular weight is 613 g/mol. The molecule has 5 aromatic carbocycles. The lowest BCUT2D eigenvalue weighted by Gasteiger charge is -2.17. The lowest BCUT2D eigenvalue weighted by Crippen LogP contribution is -2.27. The Hall–Kier alpha value is -6.14. The standard InChI is InChI=1S/C37H26F2N4O3/c1-22(25-6-8-28(9-7-25)37(45)46)42-36(44)34-18-30(29-14-24(19-40)15-33(39)17-29)16-31-20-41-43(35(31)34)21-23-2-4-26(5-3-23)27-10-12-32(38)13-11-27/h2-18,20,22H,21H2,1H3,(H,42,44)(H,45,46)/t22-/m0/s1. The molecule has 226 valence electrons. The fourth-order valence-corrected chi connectivity index (χ4v) is 5.40. The molecule has 0 fully saturated rings. The third-order valence-electron chi connectivity index (χ3n) is 7.81. The first kappa shape index (κ1) is 29.9. The van der Waals surface area contributed by atoms with E-state index in [1.807, 2.05) is 30.3 Å². The average Bonchev–Trinajstić information content (AvgIpc) is 3.47. The van der Waals surface area contributed by atoms with Gasteiger partial charge in [0.15, 0.2) is 0 Å². The van der Waals surface area contributed by atoms with Crippen LogP contribution in [0.1, 0.15) is 50.4 Å². The van der Waals surface area contributed by atoms with E-state index in [1.54, 1.807) is 60.3 Å². The molecule has 7 nitrogen and oxygen atoms in total. The van der Waals surface area contributed by atoms with Crippen molar-refractivity contribution in [3.05, 3.63) is 149 Å². The van der Waals surface area contributed by atoms with E-state index >= 15 is 0 Å². The van der Waals surface area contributed by atoms with E-state index < -0.39 is 23.7 Å². The Kier molecular flexibility index (Phi) is 8.10. The van der Waals surface area contributed by atoms with Crippen molar-refractivity contribution in [2.24, 2.45) is 0 Å². The quantitative estimate of drug-likeness (QED) is 0.183. The molecule has 0 aliphatic rings. The van der Waals surface area contributed by atoms with Crippen LogP contribution in [0.3, 0.4) is 0 Å². The molecular weight excluding hydrogens is 586 g/mol. The van der Waals surface area contributed by atoms with Crippen molar-refractivity contribution in [3.63, 3.8) is 0 Å². The number of aromatic nitrogens is 2. The van der Waals surface area contributed by atoms with Crippen molar-refractivity contribution in [1.82, 2.24) is 15.1 Å². The maximum atomic E-state index is 14.4. The van der Waals surface area contributed by atoms with Gasteiger partial charge in [-0.3, -0.25) is 9.48 Å². The summed E-state index contributed by atoms with van der Waals surface area (Å²) in [5.74, 6) is -2.33. The molecule has 46 heavy (non-hydrogen) atoms. The first-order valence-corrected chi connectivity index (χ1v) is 14.4. The molecule has 6 rings (SSSR count). The molecule has 0 aliphatic carbocycles. The van der Waals surface area contributed by atoms with Crippen molar-refractivity contribution >= 4 is 22.8 Å². The minimum Gasteiger partial charge on any atom is -0.478 e. The van der Waals surface area contributed by atoms with Crippen LogP contribution in [-0.2, 0) is 6.54 Å². The summed E-state index contributed by atoms with van der Waals surface area (Å²) in [6.45, 7) is 2.14. The largest absolute Gasteiger partial charge is 0.478 e. The summed E-state index contributed by atoms with van der Waals surface area (Å²) >= 11 is 0. The number of halogens is 2. The van der Waals surface area contributed by atoms with Crippen LogP contribution in [0.15, 0.2) is 109 Å². The van der Waals surface area contributed by atoms with Gasteiger partial charge in [0.05, 0.1) is 47.1 Å². The van der Waals surface area contributed by atoms with Gasteiger partial charge in [-0.05, 0) is 94.9 Å². The Bertz CT molecular complexity index is 2130. The maximum absolute atomic E-state index is 14.4. The summed E-state index contributed by atoms with van der Waals surface area (Å²) in [7, 11) is 0. The Morgan fingerprint density at radius 3 is 2.15 bits per heavy atom. The highest BCUT2D eigenvalue weighted by molar-refractivity contribution is 6.07. The lowest BCUT2D eigenvalue weighted by molar-refractivity contribution is 0.0696. The number of amides is 1. The van der Waals surface area contributed by atoms with E-state index in [9.17, 15) is 28.7 Å². The van der Waals surface area contributed by atoms with Gasteiger partial charge in [-0.15, -0.1) is 0 Å². The number of carbonyl (C=O) groups excluding carboxylic acids is 1. The Morgan fingerprint density at radius 1 is 0.848 bits per heavy atom. The third kappa shape index (κ3) is 6.23. The first-order chi connectivity index (χ1) is 22.2. The molecule has 0 bridgehead atoms. The van der Waals surface area contributed by atoms with Crippen LogP contribution in [0, 0.1) is 23.0 Å². The number of hydrogen-bond donors (Lipinski definition) is 2. The number of benzene rings is 5. The number of nitriles is 1. The molecule has 0 unspecified atom stereocenters. The summed E-state index contributed by atoms with van der Waals surface area (Å²) in [5, 5.41) is 26.9. The van der Waals surface area contributed by atoms with Gasteiger partial charge in [0.1, 0.15) is 11.6 Å². The normalized spacial score (nSPS) is 11.6. The molecule has 2 N–H and O–H groups in total. The number of carboxylic acid groups (broad SMARTS) is 1. The molecule has 0 saturated heterocycles. The highest BCUT2D eigenvalue weighted by Gasteiger charge is 2.20. The Labute approximate surface area is 263 Å². The van der Waals surface area contributed by atoms with Crippen molar-refractivity contribution in [2.45, 2.75) is 19.5 Å². The maximum Gasteiger partial charge on any atom is 0.335 e. The summed E-state index contributed by atoms with van der Waals surface area (Å²) < 4.78 is 29.5. The minimum absolute atomic E-state index is 0.137. The zero-order valence-corrected chi connectivity index (χ0v) is 24.5. The van der Waals surface area contributed by atoms with Gasteiger partial charge in [0.25, 0.3) is 5.91 Å². The highest BCUT2D eigenvalue weighted by atomic mass is 19.1. The van der Waals surface area contributed by atoms with E-state index in [0.29, 0.717) is 39.7 Å². The number of rotatable bonds is 8. The van der Waals surface area contributed by atoms with Gasteiger partial charge >= 0.3 is 5.97 Å². The number of carboxylic acids is 1. The summed E-state index contributed by atoms with van der Waals surface area (Å²) in [6.07, 6.45) is 1.64. The molecule has 1 heterocycles. The number of nitrogens with one attached hydrogen (secondary N) is 1. The number of hydrogen-bond acceptors (Lipinski definition) is 4. The highest BCUT2D eigenvalue weighted by Crippen LogP contribution is 2.31. The number of nitrogens with zero attached hydrogens (tertiary/aromatic N) is 3. The topological polar surface area (TPSA) is 108 Å². The molecule has 6 aromatic rings. The van der Waals surface area contributed by atoms with Gasteiger partial charge in [-0.2, -0.15) is 10.4 Å². The van der Waals surface area contributed by atoms with Gasteiger partial charge in [-0.25, -0.2) is 13.6 Å². The number of fused-ring (bicyclic) bond motifs is 1. The van der Waals surface area contributed by atoms with E-state index in [1.165, 1.54) is 30.3 Å². The molecular formula is C37H26F2N4O3. The molecule has 0 aliphatic heterocycles. The second kappa shape index (κ2) is 12.5. The second-order valence-electron chi connectivity index (χ2n) is 10.9. The SMILES string of the molecule is C[C@H](NC(=O)c1cc(-c2cc(F)cc(C#N)c2)cc2cnn(Cc3ccc(-c4ccc(F)cc4)cc3)c12)c1ccc(C(=O)O)cc1. The number of aromatic carboxylic acids is 1. The minimum atomic E-state index is -1.04. The molecule has 0 radical (unpaired) electrons. The van der Waals surface area contributed by atoms with E-state index in [-0.39, 0.29) is 16.9 Å². The predicted octanol–water partition coefficient (Wildman–Crippen LogP) is 7.76. The molecule has 0 spiro atoms. The fraction of sp³-hybridized carbons (Fsp3) is 0.0811. The van der Waals surface area contributed by atoms with Crippen molar-refractivity contribution in [2.75, 3.05) is 0 Å². The zero-order chi connectivity index (χ0) is 32.4. The molecule has 1 amide bonds. The molecule has 9 heteroatoms. The van der Waals surface area contributed by atoms with Crippen LogP contribution < -0.4 is 5.32 Å². The van der Waals surface area contributed by atoms with Gasteiger partial charge < -0.3 is 10.4 Å². The summed E-state index contributed by atoms with van der Waals surface area (Å²) in [6, 6.07) is 29.3. The van der Waals surface area contributed by atoms with Crippen molar-refractivity contribution in [3.8, 4) is 28.3 Å². The van der Waals surface area contributed by atoms with Crippen LogP contribution in [0.4, 0.5) is 8.78 Å². The molecule has 1 aromatic heterocycles. The smallest absolute Gasteiger partial charge is 0.335 e. The summed E-state index contributed by atoms with van der Waals surface area (Å²) in [5.41, 5.74) is 5.57. The Balaban J connectivity index is 1.37. The number of carbonyl (C=O) groups is 2. The zero-order valence-electron chi connectivity index (χ0n) is 24.5. The van der Waals surface area contributed by atoms with Gasteiger partial charge in [0, 0.05) is 5.39 Å². The van der Waals surface area contributed by atoms with Crippen molar-refractivity contribution < 1.29 is 23.5 Å². The second-order valence-corrected chi connectivity index (χ2v) is 10.9. The van der Waals surface area contributed by atoms with E-state index in [0.717, 1.165) is 22.8 Å². The fourth-order valence-electron chi connectivity index (χ4n) is 5.40. The van der Waals surface area contributed by atoms with Crippen molar-refractivity contribution in [1.29, 1.82) is 5.26 Å².